The van der Waals surface area contributed by atoms with E-state index in [1.54, 1.807) is 0 Å². The Hall–Kier alpha value is -0.930. The number of rotatable bonds is 8. The summed E-state index contributed by atoms with van der Waals surface area (Å²) in [5.41, 5.74) is 0.693. The molecule has 0 saturated carbocycles. The molecule has 1 fully saturated rings. The average Bonchev–Trinajstić information content (AvgIpc) is 2.99. The van der Waals surface area contributed by atoms with Gasteiger partial charge in [-0.3, -0.25) is 9.59 Å². The van der Waals surface area contributed by atoms with Crippen molar-refractivity contribution in [3.8, 4) is 0 Å². The van der Waals surface area contributed by atoms with Crippen LogP contribution in [0.1, 0.15) is 26.0 Å². The summed E-state index contributed by atoms with van der Waals surface area (Å²) < 4.78 is 0. The molecule has 3 N–H and O–H groups in total. The normalized spacial score (nSPS) is 14.3. The molecule has 1 aliphatic heterocycles. The fourth-order valence-corrected chi connectivity index (χ4v) is 3.10. The van der Waals surface area contributed by atoms with Crippen molar-refractivity contribution in [2.75, 3.05) is 44.6 Å². The summed E-state index contributed by atoms with van der Waals surface area (Å²) in [6.45, 7) is 9.62. The van der Waals surface area contributed by atoms with Crippen molar-refractivity contribution in [2.45, 2.75) is 26.7 Å². The van der Waals surface area contributed by atoms with E-state index in [9.17, 15) is 9.59 Å². The Kier molecular flexibility index (Phi) is 12.8. The SMILES string of the molecule is CC(C)C(=O)Nc1nc(CC(=O)NCCCN2CCNCC2)cs1.Cl.Cl. The third kappa shape index (κ3) is 9.14. The lowest BCUT2D eigenvalue weighted by atomic mass is 10.2. The molecule has 2 heterocycles. The van der Waals surface area contributed by atoms with Crippen molar-refractivity contribution >= 4 is 53.1 Å². The monoisotopic (exact) mass is 425 g/mol. The third-order valence-electron chi connectivity index (χ3n) is 3.83. The summed E-state index contributed by atoms with van der Waals surface area (Å²) in [6, 6.07) is 0. The molecular weight excluding hydrogens is 397 g/mol. The molecule has 0 atom stereocenters. The minimum atomic E-state index is -0.0867. The van der Waals surface area contributed by atoms with Crippen LogP contribution in [0.4, 0.5) is 5.13 Å². The highest BCUT2D eigenvalue weighted by atomic mass is 35.5. The highest BCUT2D eigenvalue weighted by Gasteiger charge is 2.12. The van der Waals surface area contributed by atoms with Crippen LogP contribution in [0.25, 0.3) is 0 Å². The Morgan fingerprint density at radius 3 is 2.65 bits per heavy atom. The molecule has 0 aromatic carbocycles. The second-order valence-electron chi connectivity index (χ2n) is 6.26. The van der Waals surface area contributed by atoms with E-state index < -0.39 is 0 Å². The number of anilines is 1. The van der Waals surface area contributed by atoms with E-state index in [2.05, 4.69) is 25.8 Å². The Labute approximate surface area is 171 Å². The number of carbonyl (C=O) groups excluding carboxylic acids is 2. The second-order valence-corrected chi connectivity index (χ2v) is 7.12. The number of halogens is 2. The van der Waals surface area contributed by atoms with Gasteiger partial charge < -0.3 is 20.9 Å². The molecule has 150 valence electrons. The molecule has 1 aromatic rings. The number of hydrogen-bond acceptors (Lipinski definition) is 6. The number of nitrogens with one attached hydrogen (secondary N) is 3. The fraction of sp³-hybridized carbons (Fsp3) is 0.688. The van der Waals surface area contributed by atoms with Crippen molar-refractivity contribution in [1.29, 1.82) is 0 Å². The van der Waals surface area contributed by atoms with E-state index in [-0.39, 0.29) is 49.0 Å². The highest BCUT2D eigenvalue weighted by molar-refractivity contribution is 7.13. The van der Waals surface area contributed by atoms with Gasteiger partial charge in [0.1, 0.15) is 0 Å². The van der Waals surface area contributed by atoms with Crippen LogP contribution < -0.4 is 16.0 Å². The number of aromatic nitrogens is 1. The molecule has 7 nitrogen and oxygen atoms in total. The molecule has 0 aliphatic carbocycles. The molecule has 26 heavy (non-hydrogen) atoms. The molecular formula is C16H29Cl2N5O2S. The minimum absolute atomic E-state index is 0. The Morgan fingerprint density at radius 2 is 2.00 bits per heavy atom. The first-order valence-electron chi connectivity index (χ1n) is 8.49. The summed E-state index contributed by atoms with van der Waals surface area (Å²) in [4.78, 5) is 30.3. The molecule has 0 radical (unpaired) electrons. The van der Waals surface area contributed by atoms with Crippen LogP contribution in [0.3, 0.4) is 0 Å². The van der Waals surface area contributed by atoms with Crippen LogP contribution >= 0.6 is 36.2 Å². The van der Waals surface area contributed by atoms with Gasteiger partial charge >= 0.3 is 0 Å². The highest BCUT2D eigenvalue weighted by Crippen LogP contribution is 2.16. The van der Waals surface area contributed by atoms with Gasteiger partial charge in [-0.1, -0.05) is 13.8 Å². The maximum atomic E-state index is 11.9. The number of carbonyl (C=O) groups is 2. The van der Waals surface area contributed by atoms with Crippen molar-refractivity contribution in [2.24, 2.45) is 5.92 Å². The smallest absolute Gasteiger partial charge is 0.228 e. The van der Waals surface area contributed by atoms with Gasteiger partial charge in [0.05, 0.1) is 12.1 Å². The molecule has 1 aliphatic rings. The maximum absolute atomic E-state index is 11.9. The predicted octanol–water partition coefficient (Wildman–Crippen LogP) is 1.54. The van der Waals surface area contributed by atoms with E-state index >= 15 is 0 Å². The first-order chi connectivity index (χ1) is 11.5. The van der Waals surface area contributed by atoms with Crippen LogP contribution in [0.2, 0.25) is 0 Å². The Bertz CT molecular complexity index is 550. The number of amides is 2. The summed E-state index contributed by atoms with van der Waals surface area (Å²) in [6.07, 6.45) is 1.21. The van der Waals surface area contributed by atoms with E-state index in [0.717, 1.165) is 39.1 Å². The van der Waals surface area contributed by atoms with Gasteiger partial charge in [-0.25, -0.2) is 4.98 Å². The van der Waals surface area contributed by atoms with Crippen LogP contribution in [-0.4, -0.2) is 61.0 Å². The zero-order valence-electron chi connectivity index (χ0n) is 15.2. The number of nitrogens with zero attached hydrogens (tertiary/aromatic N) is 2. The lowest BCUT2D eigenvalue weighted by molar-refractivity contribution is -0.120. The third-order valence-corrected chi connectivity index (χ3v) is 4.64. The summed E-state index contributed by atoms with van der Waals surface area (Å²) in [5.74, 6) is -0.174. The van der Waals surface area contributed by atoms with Crippen LogP contribution in [-0.2, 0) is 16.0 Å². The number of hydrogen-bond donors (Lipinski definition) is 3. The van der Waals surface area contributed by atoms with Gasteiger partial charge in [0.25, 0.3) is 0 Å². The van der Waals surface area contributed by atoms with Crippen LogP contribution in [0.5, 0.6) is 0 Å². The zero-order valence-corrected chi connectivity index (χ0v) is 17.7. The molecule has 0 bridgehead atoms. The lowest BCUT2D eigenvalue weighted by Gasteiger charge is -2.27. The Balaban J connectivity index is 0.00000312. The largest absolute Gasteiger partial charge is 0.356 e. The van der Waals surface area contributed by atoms with Gasteiger partial charge in [0.2, 0.25) is 11.8 Å². The maximum Gasteiger partial charge on any atom is 0.228 e. The summed E-state index contributed by atoms with van der Waals surface area (Å²) >= 11 is 1.35. The van der Waals surface area contributed by atoms with Gasteiger partial charge in [-0.15, -0.1) is 36.2 Å². The molecule has 0 spiro atoms. The van der Waals surface area contributed by atoms with Gasteiger partial charge in [0, 0.05) is 44.0 Å². The molecule has 0 unspecified atom stereocenters. The number of thiazole rings is 1. The van der Waals surface area contributed by atoms with Crippen LogP contribution in [0.15, 0.2) is 5.38 Å². The first kappa shape index (κ1) is 25.1. The molecule has 1 saturated heterocycles. The van der Waals surface area contributed by atoms with E-state index in [4.69, 9.17) is 0 Å². The molecule has 10 heteroatoms. The summed E-state index contributed by atoms with van der Waals surface area (Å²) in [7, 11) is 0. The van der Waals surface area contributed by atoms with E-state index in [1.807, 2.05) is 19.2 Å². The fourth-order valence-electron chi connectivity index (χ4n) is 2.39. The lowest BCUT2D eigenvalue weighted by Crippen LogP contribution is -2.44. The van der Waals surface area contributed by atoms with Crippen LogP contribution in [0, 0.1) is 5.92 Å². The second kappa shape index (κ2) is 13.3. The Morgan fingerprint density at radius 1 is 1.31 bits per heavy atom. The quantitative estimate of drug-likeness (QED) is 0.549. The van der Waals surface area contributed by atoms with Gasteiger partial charge in [0.15, 0.2) is 5.13 Å². The molecule has 1 aromatic heterocycles. The summed E-state index contributed by atoms with van der Waals surface area (Å²) in [5, 5.41) is 11.4. The van der Waals surface area contributed by atoms with Crippen molar-refractivity contribution in [3.05, 3.63) is 11.1 Å². The molecule has 2 rings (SSSR count). The zero-order chi connectivity index (χ0) is 17.4. The first-order valence-corrected chi connectivity index (χ1v) is 9.37. The van der Waals surface area contributed by atoms with E-state index in [1.165, 1.54) is 11.3 Å². The topological polar surface area (TPSA) is 86.4 Å². The van der Waals surface area contributed by atoms with Gasteiger partial charge in [-0.2, -0.15) is 0 Å². The van der Waals surface area contributed by atoms with Crippen molar-refractivity contribution in [1.82, 2.24) is 20.5 Å². The van der Waals surface area contributed by atoms with Crippen molar-refractivity contribution < 1.29 is 9.59 Å². The van der Waals surface area contributed by atoms with Gasteiger partial charge in [-0.05, 0) is 13.0 Å². The molecule has 2 amide bonds. The average molecular weight is 426 g/mol. The minimum Gasteiger partial charge on any atom is -0.356 e. The standard InChI is InChI=1S/C16H27N5O2S.2ClH/c1-12(2)15(23)20-16-19-13(11-24-16)10-14(22)18-4-3-7-21-8-5-17-6-9-21;;/h11-12,17H,3-10H2,1-2H3,(H,18,22)(H,19,20,23);2*1H. The predicted molar refractivity (Wildman–Crippen MR) is 111 cm³/mol. The van der Waals surface area contributed by atoms with E-state index in [0.29, 0.717) is 17.4 Å². The van der Waals surface area contributed by atoms with Crippen molar-refractivity contribution in [3.63, 3.8) is 0 Å². The number of piperazine rings is 1.